The van der Waals surface area contributed by atoms with Crippen LogP contribution < -0.4 is 10.5 Å². The molecule has 1 saturated carbocycles. The van der Waals surface area contributed by atoms with Gasteiger partial charge in [0.1, 0.15) is 5.75 Å². The zero-order chi connectivity index (χ0) is 15.4. The van der Waals surface area contributed by atoms with Crippen molar-refractivity contribution >= 4 is 0 Å². The van der Waals surface area contributed by atoms with Gasteiger partial charge in [0.05, 0.1) is 7.11 Å². The Kier molecular flexibility index (Phi) is 5.37. The number of hydrogen-bond donors (Lipinski definition) is 1. The van der Waals surface area contributed by atoms with Crippen molar-refractivity contribution in [2.45, 2.75) is 57.0 Å². The van der Waals surface area contributed by atoms with Gasteiger partial charge in [0.15, 0.2) is 0 Å². The van der Waals surface area contributed by atoms with Gasteiger partial charge in [-0.05, 0) is 49.3 Å². The number of benzene rings is 1. The second kappa shape index (κ2) is 7.47. The van der Waals surface area contributed by atoms with Crippen LogP contribution in [0.5, 0.6) is 5.75 Å². The summed E-state index contributed by atoms with van der Waals surface area (Å²) in [4.78, 5) is 2.70. The predicted molar refractivity (Wildman–Crippen MR) is 91.2 cm³/mol. The fourth-order valence-corrected chi connectivity index (χ4v) is 4.27. The second-order valence-corrected chi connectivity index (χ2v) is 7.16. The maximum Gasteiger partial charge on any atom is 0.118 e. The minimum absolute atomic E-state index is 0.346. The van der Waals surface area contributed by atoms with Gasteiger partial charge in [0, 0.05) is 25.2 Å². The molecule has 0 radical (unpaired) electrons. The Morgan fingerprint density at radius 2 is 1.82 bits per heavy atom. The van der Waals surface area contributed by atoms with Gasteiger partial charge < -0.3 is 10.5 Å². The predicted octanol–water partition coefficient (Wildman–Crippen LogP) is 3.22. The molecule has 0 aromatic heterocycles. The summed E-state index contributed by atoms with van der Waals surface area (Å²) in [6, 6.07) is 9.67. The average Bonchev–Trinajstić information content (AvgIpc) is 2.56. The summed E-state index contributed by atoms with van der Waals surface area (Å²) < 4.78 is 5.24. The molecule has 2 atom stereocenters. The molecule has 1 saturated heterocycles. The molecule has 0 spiro atoms. The number of methoxy groups -OCH3 is 1. The molecule has 0 amide bonds. The topological polar surface area (TPSA) is 38.5 Å². The Balaban J connectivity index is 1.59. The van der Waals surface area contributed by atoms with E-state index < -0.39 is 0 Å². The highest BCUT2D eigenvalue weighted by molar-refractivity contribution is 5.27. The number of piperidine rings is 1. The molecule has 22 heavy (non-hydrogen) atoms. The summed E-state index contributed by atoms with van der Waals surface area (Å²) >= 11 is 0. The lowest BCUT2D eigenvalue weighted by atomic mass is 9.86. The Morgan fingerprint density at radius 1 is 1.09 bits per heavy atom. The molecular weight excluding hydrogens is 272 g/mol. The number of nitrogens with zero attached hydrogens (tertiary/aromatic N) is 1. The largest absolute Gasteiger partial charge is 0.497 e. The number of nitrogens with two attached hydrogens (primary N) is 1. The third-order valence-electron chi connectivity index (χ3n) is 5.37. The average molecular weight is 302 g/mol. The molecule has 3 heteroatoms. The Bertz CT molecular complexity index is 453. The van der Waals surface area contributed by atoms with Gasteiger partial charge in [-0.25, -0.2) is 0 Å². The van der Waals surface area contributed by atoms with Crippen LogP contribution in [0.25, 0.3) is 0 Å². The first-order valence-electron chi connectivity index (χ1n) is 8.87. The van der Waals surface area contributed by atoms with E-state index in [1.54, 1.807) is 7.11 Å². The second-order valence-electron chi connectivity index (χ2n) is 7.16. The smallest absolute Gasteiger partial charge is 0.118 e. The molecule has 3 nitrogen and oxygen atoms in total. The number of rotatable bonds is 4. The first-order valence-corrected chi connectivity index (χ1v) is 8.87. The van der Waals surface area contributed by atoms with Crippen LogP contribution in [0.15, 0.2) is 24.3 Å². The van der Waals surface area contributed by atoms with Crippen molar-refractivity contribution in [3.63, 3.8) is 0 Å². The van der Waals surface area contributed by atoms with Crippen LogP contribution in [0.2, 0.25) is 0 Å². The van der Waals surface area contributed by atoms with Crippen LogP contribution in [0.1, 0.15) is 44.1 Å². The van der Waals surface area contributed by atoms with E-state index in [0.717, 1.165) is 31.2 Å². The maximum atomic E-state index is 6.36. The fourth-order valence-electron chi connectivity index (χ4n) is 4.27. The van der Waals surface area contributed by atoms with E-state index in [9.17, 15) is 0 Å². The quantitative estimate of drug-likeness (QED) is 0.928. The van der Waals surface area contributed by atoms with Gasteiger partial charge in [-0.15, -0.1) is 0 Å². The number of ether oxygens (including phenoxy) is 1. The number of likely N-dealkylation sites (tertiary alicyclic amines) is 1. The lowest BCUT2D eigenvalue weighted by Gasteiger charge is -2.42. The highest BCUT2D eigenvalue weighted by Gasteiger charge is 2.30. The van der Waals surface area contributed by atoms with Crippen molar-refractivity contribution in [3.8, 4) is 5.75 Å². The minimum atomic E-state index is 0.346. The summed E-state index contributed by atoms with van der Waals surface area (Å²) in [7, 11) is 1.72. The van der Waals surface area contributed by atoms with E-state index in [0.29, 0.717) is 12.0 Å². The summed E-state index contributed by atoms with van der Waals surface area (Å²) in [6.07, 6.45) is 9.28. The summed E-state index contributed by atoms with van der Waals surface area (Å²) in [6.45, 7) is 2.33. The molecule has 1 aliphatic carbocycles. The SMILES string of the molecule is COc1ccc(CC2CC(N)CN(C3CCCCC3)C2)cc1. The van der Waals surface area contributed by atoms with Gasteiger partial charge in [0.2, 0.25) is 0 Å². The molecular formula is C19H30N2O. The standard InChI is InChI=1S/C19H30N2O/c1-22-19-9-7-15(8-10-19)11-16-12-17(20)14-21(13-16)18-5-3-2-4-6-18/h7-10,16-18H,2-6,11-14,20H2,1H3. The first-order chi connectivity index (χ1) is 10.7. The van der Waals surface area contributed by atoms with E-state index in [4.69, 9.17) is 10.5 Å². The van der Waals surface area contributed by atoms with Gasteiger partial charge in [-0.1, -0.05) is 31.4 Å². The van der Waals surface area contributed by atoms with Crippen molar-refractivity contribution in [1.29, 1.82) is 0 Å². The molecule has 3 rings (SSSR count). The van der Waals surface area contributed by atoms with Gasteiger partial charge in [-0.2, -0.15) is 0 Å². The van der Waals surface area contributed by atoms with E-state index in [1.807, 2.05) is 0 Å². The Hall–Kier alpha value is -1.06. The van der Waals surface area contributed by atoms with Gasteiger partial charge in [-0.3, -0.25) is 4.90 Å². The van der Waals surface area contributed by atoms with Crippen LogP contribution in [0, 0.1) is 5.92 Å². The third kappa shape index (κ3) is 4.02. The van der Waals surface area contributed by atoms with Crippen LogP contribution in [-0.4, -0.2) is 37.2 Å². The first kappa shape index (κ1) is 15.8. The van der Waals surface area contributed by atoms with E-state index in [-0.39, 0.29) is 0 Å². The van der Waals surface area contributed by atoms with E-state index in [2.05, 4.69) is 29.2 Å². The molecule has 122 valence electrons. The maximum absolute atomic E-state index is 6.36. The van der Waals surface area contributed by atoms with Crippen molar-refractivity contribution in [2.24, 2.45) is 11.7 Å². The molecule has 2 fully saturated rings. The normalized spacial score (nSPS) is 27.7. The van der Waals surface area contributed by atoms with E-state index in [1.165, 1.54) is 44.2 Å². The van der Waals surface area contributed by atoms with Crippen LogP contribution in [0.3, 0.4) is 0 Å². The molecule has 1 aliphatic heterocycles. The molecule has 2 aliphatic rings. The molecule has 2 N–H and O–H groups in total. The molecule has 0 bridgehead atoms. The van der Waals surface area contributed by atoms with Crippen LogP contribution in [0.4, 0.5) is 0 Å². The molecule has 1 aromatic carbocycles. The van der Waals surface area contributed by atoms with Crippen molar-refractivity contribution in [2.75, 3.05) is 20.2 Å². The lowest BCUT2D eigenvalue weighted by molar-refractivity contribution is 0.0870. The monoisotopic (exact) mass is 302 g/mol. The molecule has 1 heterocycles. The van der Waals surface area contributed by atoms with E-state index >= 15 is 0 Å². The Labute approximate surface area is 134 Å². The zero-order valence-electron chi connectivity index (χ0n) is 13.8. The van der Waals surface area contributed by atoms with Gasteiger partial charge >= 0.3 is 0 Å². The summed E-state index contributed by atoms with van der Waals surface area (Å²) in [5, 5.41) is 0. The fraction of sp³-hybridized carbons (Fsp3) is 0.684. The van der Waals surface area contributed by atoms with Crippen LogP contribution >= 0.6 is 0 Å². The minimum Gasteiger partial charge on any atom is -0.497 e. The molecule has 1 aromatic rings. The van der Waals surface area contributed by atoms with Crippen molar-refractivity contribution in [1.82, 2.24) is 4.90 Å². The molecule has 2 unspecified atom stereocenters. The summed E-state index contributed by atoms with van der Waals surface area (Å²) in [5.74, 6) is 1.63. The number of hydrogen-bond acceptors (Lipinski definition) is 3. The van der Waals surface area contributed by atoms with Crippen molar-refractivity contribution < 1.29 is 4.74 Å². The third-order valence-corrected chi connectivity index (χ3v) is 5.37. The summed E-state index contributed by atoms with van der Waals surface area (Å²) in [5.41, 5.74) is 7.77. The zero-order valence-corrected chi connectivity index (χ0v) is 13.8. The lowest BCUT2D eigenvalue weighted by Crippen LogP contribution is -2.51. The highest BCUT2D eigenvalue weighted by Crippen LogP contribution is 2.28. The Morgan fingerprint density at radius 3 is 2.50 bits per heavy atom. The van der Waals surface area contributed by atoms with Crippen LogP contribution in [-0.2, 0) is 6.42 Å². The van der Waals surface area contributed by atoms with Crippen molar-refractivity contribution in [3.05, 3.63) is 29.8 Å². The highest BCUT2D eigenvalue weighted by atomic mass is 16.5. The van der Waals surface area contributed by atoms with Gasteiger partial charge in [0.25, 0.3) is 0 Å².